The Labute approximate surface area is 196 Å². The molecule has 2 heterocycles. The van der Waals surface area contributed by atoms with Gasteiger partial charge in [-0.05, 0) is 75.3 Å². The van der Waals surface area contributed by atoms with Gasteiger partial charge >= 0.3 is 6.03 Å². The number of hydrogen-bond donors (Lipinski definition) is 2. The highest BCUT2D eigenvalue weighted by Crippen LogP contribution is 2.37. The normalized spacial score (nSPS) is 30.2. The first-order valence-electron chi connectivity index (χ1n) is 12.3. The molecule has 2 aromatic rings. The minimum atomic E-state index is -0.0906. The lowest BCUT2D eigenvalue weighted by atomic mass is 9.74. The van der Waals surface area contributed by atoms with Gasteiger partial charge in [-0.15, -0.1) is 0 Å². The number of ether oxygens (including phenoxy) is 1. The van der Waals surface area contributed by atoms with Gasteiger partial charge < -0.3 is 19.9 Å². The van der Waals surface area contributed by atoms with Crippen molar-refractivity contribution in [2.24, 2.45) is 18.9 Å². The van der Waals surface area contributed by atoms with Crippen molar-refractivity contribution in [2.45, 2.75) is 83.4 Å². The summed E-state index contributed by atoms with van der Waals surface area (Å²) in [6, 6.07) is 4.13. The molecule has 0 bridgehead atoms. The zero-order valence-corrected chi connectivity index (χ0v) is 20.6. The zero-order valence-electron chi connectivity index (χ0n) is 20.6. The van der Waals surface area contributed by atoms with Crippen LogP contribution in [0, 0.1) is 18.8 Å². The summed E-state index contributed by atoms with van der Waals surface area (Å²) >= 11 is 0. The molecule has 4 rings (SSSR count). The van der Waals surface area contributed by atoms with Crippen LogP contribution in [0.25, 0.3) is 10.9 Å². The molecule has 2 aliphatic rings. The summed E-state index contributed by atoms with van der Waals surface area (Å²) < 4.78 is 7.23. The van der Waals surface area contributed by atoms with E-state index in [-0.39, 0.29) is 29.6 Å². The second kappa shape index (κ2) is 9.84. The molecule has 2 aromatic heterocycles. The van der Waals surface area contributed by atoms with Crippen LogP contribution in [0.5, 0.6) is 0 Å². The molecule has 2 fully saturated rings. The molecule has 7 nitrogen and oxygen atoms in total. The highest BCUT2D eigenvalue weighted by atomic mass is 16.5. The fourth-order valence-corrected chi connectivity index (χ4v) is 5.81. The van der Waals surface area contributed by atoms with E-state index in [1.54, 1.807) is 11.7 Å². The van der Waals surface area contributed by atoms with Gasteiger partial charge in [-0.25, -0.2) is 4.79 Å². The second-order valence-corrected chi connectivity index (χ2v) is 10.3. The number of hydrogen-bond acceptors (Lipinski definition) is 4. The van der Waals surface area contributed by atoms with E-state index in [4.69, 9.17) is 4.74 Å². The quantitative estimate of drug-likeness (QED) is 0.731. The summed E-state index contributed by atoms with van der Waals surface area (Å²) in [5.74, 6) is 0.898. The average Bonchev–Trinajstić information content (AvgIpc) is 2.79. The monoisotopic (exact) mass is 454 g/mol. The van der Waals surface area contributed by atoms with Crippen molar-refractivity contribution < 1.29 is 9.53 Å². The number of aromatic nitrogens is 2. The molecule has 2 saturated carbocycles. The third kappa shape index (κ3) is 5.08. The van der Waals surface area contributed by atoms with Gasteiger partial charge in [0.25, 0.3) is 5.56 Å². The van der Waals surface area contributed by atoms with Crippen molar-refractivity contribution in [1.82, 2.24) is 20.2 Å². The van der Waals surface area contributed by atoms with Gasteiger partial charge in [-0.1, -0.05) is 13.8 Å². The van der Waals surface area contributed by atoms with Crippen LogP contribution < -0.4 is 16.2 Å². The van der Waals surface area contributed by atoms with Gasteiger partial charge in [0.15, 0.2) is 0 Å². The Morgan fingerprint density at radius 2 is 1.88 bits per heavy atom. The number of nitrogens with one attached hydrogen (secondary N) is 2. The maximum atomic E-state index is 13.3. The van der Waals surface area contributed by atoms with E-state index in [9.17, 15) is 9.59 Å². The largest absolute Gasteiger partial charge is 0.381 e. The molecule has 180 valence electrons. The summed E-state index contributed by atoms with van der Waals surface area (Å²) in [6.45, 7) is 6.33. The Bertz CT molecular complexity index is 1070. The Balaban J connectivity index is 1.45. The topological polar surface area (TPSA) is 85.2 Å². The van der Waals surface area contributed by atoms with Gasteiger partial charge in [0.1, 0.15) is 0 Å². The van der Waals surface area contributed by atoms with Crippen molar-refractivity contribution in [3.63, 3.8) is 0 Å². The standard InChI is InChI=1S/C26H38N4O3/c1-15-6-7-19(28-26(32)29-23-9-8-20(33-5)10-16(23)2)13-21(15)22-12-18-14-27-17(3)11-24(18)30(4)25(22)31/h11-12,14-16,19-21,23H,6-10,13H2,1-5H3,(H2,28,29,32). The summed E-state index contributed by atoms with van der Waals surface area (Å²) in [6.07, 6.45) is 7.75. The van der Waals surface area contributed by atoms with Crippen LogP contribution in [0.3, 0.4) is 0 Å². The Kier molecular flexibility index (Phi) is 7.07. The van der Waals surface area contributed by atoms with Gasteiger partial charge in [0.2, 0.25) is 0 Å². The number of pyridine rings is 2. The molecule has 0 aliphatic heterocycles. The van der Waals surface area contributed by atoms with Crippen molar-refractivity contribution in [3.05, 3.63) is 39.9 Å². The second-order valence-electron chi connectivity index (χ2n) is 10.3. The minimum absolute atomic E-state index is 0.0544. The molecule has 2 aliphatic carbocycles. The van der Waals surface area contributed by atoms with Gasteiger partial charge in [0, 0.05) is 49.1 Å². The highest BCUT2D eigenvalue weighted by molar-refractivity contribution is 5.79. The average molecular weight is 455 g/mol. The Hall–Kier alpha value is -2.41. The van der Waals surface area contributed by atoms with Crippen molar-refractivity contribution in [3.8, 4) is 0 Å². The fraction of sp³-hybridized carbons (Fsp3) is 0.654. The molecule has 0 saturated heterocycles. The number of carbonyl (C=O) groups excluding carboxylic acids is 1. The number of amides is 2. The third-order valence-corrected chi connectivity index (χ3v) is 7.97. The highest BCUT2D eigenvalue weighted by Gasteiger charge is 2.33. The number of nitrogens with zero attached hydrogens (tertiary/aromatic N) is 2. The fourth-order valence-electron chi connectivity index (χ4n) is 5.81. The van der Waals surface area contributed by atoms with Crippen molar-refractivity contribution in [1.29, 1.82) is 0 Å². The maximum absolute atomic E-state index is 13.3. The lowest BCUT2D eigenvalue weighted by Gasteiger charge is -2.37. The Morgan fingerprint density at radius 1 is 1.09 bits per heavy atom. The minimum Gasteiger partial charge on any atom is -0.381 e. The molecule has 2 amide bonds. The predicted octanol–water partition coefficient (Wildman–Crippen LogP) is 4.02. The van der Waals surface area contributed by atoms with E-state index in [1.165, 1.54) is 0 Å². The Morgan fingerprint density at radius 3 is 2.61 bits per heavy atom. The lowest BCUT2D eigenvalue weighted by Crippen LogP contribution is -2.51. The number of fused-ring (bicyclic) bond motifs is 1. The summed E-state index contributed by atoms with van der Waals surface area (Å²) in [5, 5.41) is 7.39. The maximum Gasteiger partial charge on any atom is 0.315 e. The summed E-state index contributed by atoms with van der Waals surface area (Å²) in [7, 11) is 3.60. The van der Waals surface area contributed by atoms with Crippen LogP contribution in [0.2, 0.25) is 0 Å². The first-order chi connectivity index (χ1) is 15.8. The molecule has 2 N–H and O–H groups in total. The summed E-state index contributed by atoms with van der Waals surface area (Å²) in [5.41, 5.74) is 2.70. The van der Waals surface area contributed by atoms with Gasteiger partial charge in [-0.2, -0.15) is 0 Å². The van der Waals surface area contributed by atoms with Crippen LogP contribution in [-0.4, -0.2) is 40.9 Å². The van der Waals surface area contributed by atoms with E-state index < -0.39 is 0 Å². The first-order valence-corrected chi connectivity index (χ1v) is 12.3. The number of rotatable bonds is 4. The van der Waals surface area contributed by atoms with E-state index in [1.807, 2.05) is 32.3 Å². The van der Waals surface area contributed by atoms with Crippen LogP contribution in [0.15, 0.2) is 23.1 Å². The molecule has 33 heavy (non-hydrogen) atoms. The van der Waals surface area contributed by atoms with Crippen molar-refractivity contribution in [2.75, 3.05) is 7.11 Å². The molecule has 0 spiro atoms. The summed E-state index contributed by atoms with van der Waals surface area (Å²) in [4.78, 5) is 30.5. The predicted molar refractivity (Wildman–Crippen MR) is 131 cm³/mol. The molecule has 6 unspecified atom stereocenters. The molecular formula is C26H38N4O3. The number of urea groups is 1. The molecular weight excluding hydrogens is 416 g/mol. The van der Waals surface area contributed by atoms with Crippen molar-refractivity contribution >= 4 is 16.9 Å². The van der Waals surface area contributed by atoms with Crippen LogP contribution in [-0.2, 0) is 11.8 Å². The number of aryl methyl sites for hydroxylation is 2. The number of methoxy groups -OCH3 is 1. The van der Waals surface area contributed by atoms with Gasteiger partial charge in [0.05, 0.1) is 11.6 Å². The zero-order chi connectivity index (χ0) is 23.7. The van der Waals surface area contributed by atoms with Crippen LogP contribution in [0.4, 0.5) is 4.79 Å². The van der Waals surface area contributed by atoms with E-state index >= 15 is 0 Å². The molecule has 6 atom stereocenters. The smallest absolute Gasteiger partial charge is 0.315 e. The van der Waals surface area contributed by atoms with E-state index in [2.05, 4.69) is 29.5 Å². The van der Waals surface area contributed by atoms with Crippen LogP contribution >= 0.6 is 0 Å². The molecule has 0 aromatic carbocycles. The van der Waals surface area contributed by atoms with E-state index in [0.29, 0.717) is 17.9 Å². The third-order valence-electron chi connectivity index (χ3n) is 7.97. The molecule has 0 radical (unpaired) electrons. The lowest BCUT2D eigenvalue weighted by molar-refractivity contribution is 0.0434. The van der Waals surface area contributed by atoms with Crippen LogP contribution in [0.1, 0.15) is 69.5 Å². The van der Waals surface area contributed by atoms with Gasteiger partial charge in [-0.3, -0.25) is 9.78 Å². The number of carbonyl (C=O) groups is 1. The van der Waals surface area contributed by atoms with E-state index in [0.717, 1.165) is 60.7 Å². The molecule has 7 heteroatoms. The SMILES string of the molecule is COC1CCC(NC(=O)NC2CCC(C)C(c3cc4cnc(C)cc4n(C)c3=O)C2)C(C)C1. The first kappa shape index (κ1) is 23.7.